The Morgan fingerprint density at radius 3 is 2.61 bits per heavy atom. The molecule has 1 aliphatic heterocycles. The number of aromatic carboxylic acids is 1. The Hall–Kier alpha value is -3.75. The summed E-state index contributed by atoms with van der Waals surface area (Å²) in [7, 11) is 0. The minimum absolute atomic E-state index is 0.0454. The Morgan fingerprint density at radius 2 is 1.88 bits per heavy atom. The quantitative estimate of drug-likeness (QED) is 0.352. The second-order valence-corrected chi connectivity index (χ2v) is 8.01. The van der Waals surface area contributed by atoms with E-state index >= 15 is 0 Å². The van der Waals surface area contributed by atoms with E-state index in [4.69, 9.17) is 9.84 Å². The highest BCUT2D eigenvalue weighted by Crippen LogP contribution is 2.32. The van der Waals surface area contributed by atoms with E-state index in [0.29, 0.717) is 12.1 Å². The summed E-state index contributed by atoms with van der Waals surface area (Å²) in [6.07, 6.45) is 0.760. The van der Waals surface area contributed by atoms with E-state index in [1.807, 2.05) is 12.1 Å². The Balaban J connectivity index is 1.32. The third-order valence-electron chi connectivity index (χ3n) is 5.73. The number of carbonyl (C=O) groups is 1. The molecule has 0 aliphatic carbocycles. The van der Waals surface area contributed by atoms with Crippen LogP contribution in [0.3, 0.4) is 0 Å². The summed E-state index contributed by atoms with van der Waals surface area (Å²) in [5.41, 5.74) is 3.76. The first-order chi connectivity index (χ1) is 15.9. The molecule has 2 atom stereocenters. The minimum atomic E-state index is -0.947. The van der Waals surface area contributed by atoms with Gasteiger partial charge >= 0.3 is 5.97 Å². The van der Waals surface area contributed by atoms with Gasteiger partial charge in [-0.3, -0.25) is 10.1 Å². The lowest BCUT2D eigenvalue weighted by Gasteiger charge is -2.27. The first-order valence-electron chi connectivity index (χ1n) is 10.7. The monoisotopic (exact) mass is 448 g/mol. The van der Waals surface area contributed by atoms with Crippen LogP contribution in [0, 0.1) is 10.1 Å². The Labute approximate surface area is 190 Å². The normalized spacial score (nSPS) is 15.8. The topological polar surface area (TPSA) is 122 Å². The number of hydrogen-bond donors (Lipinski definition) is 3. The number of nitro groups is 1. The molecule has 8 nitrogen and oxygen atoms in total. The van der Waals surface area contributed by atoms with Crippen LogP contribution in [0.1, 0.15) is 34.0 Å². The lowest BCUT2D eigenvalue weighted by molar-refractivity contribution is -0.385. The second-order valence-electron chi connectivity index (χ2n) is 8.01. The number of nitro benzene ring substituents is 1. The number of fused-ring (bicyclic) bond motifs is 1. The number of aliphatic hydroxyl groups is 1. The fourth-order valence-corrected chi connectivity index (χ4v) is 3.92. The standard InChI is InChI=1S/C25H24N2O6/c28-23(19-2-1-3-21(13-19)27(31)32)15-26-14-22-10-8-20-12-18(9-11-24(20)33-22)16-4-6-17(7-5-16)25(29)30/h1-7,9,11-13,22-23,26,28H,8,10,14-15H2,(H,29,30)/t22-,23-/m1/s1. The van der Waals surface area contributed by atoms with Gasteiger partial charge in [0.1, 0.15) is 11.9 Å². The zero-order valence-corrected chi connectivity index (χ0v) is 17.8. The number of carboxylic acid groups (broad SMARTS) is 1. The molecule has 0 unspecified atom stereocenters. The van der Waals surface area contributed by atoms with Crippen LogP contribution in [0.5, 0.6) is 5.75 Å². The molecule has 1 aliphatic rings. The molecule has 0 bridgehead atoms. The first kappa shape index (κ1) is 22.4. The van der Waals surface area contributed by atoms with Crippen molar-refractivity contribution in [2.24, 2.45) is 0 Å². The summed E-state index contributed by atoms with van der Waals surface area (Å²) in [6, 6.07) is 18.8. The molecule has 0 fully saturated rings. The van der Waals surface area contributed by atoms with E-state index in [1.165, 1.54) is 12.1 Å². The van der Waals surface area contributed by atoms with Crippen molar-refractivity contribution < 1.29 is 24.7 Å². The molecule has 33 heavy (non-hydrogen) atoms. The van der Waals surface area contributed by atoms with Crippen LogP contribution >= 0.6 is 0 Å². The average molecular weight is 448 g/mol. The van der Waals surface area contributed by atoms with Crippen LogP contribution in [0.2, 0.25) is 0 Å². The molecule has 3 N–H and O–H groups in total. The lowest BCUT2D eigenvalue weighted by atomic mass is 9.96. The third-order valence-corrected chi connectivity index (χ3v) is 5.73. The fourth-order valence-electron chi connectivity index (χ4n) is 3.92. The highest BCUT2D eigenvalue weighted by Gasteiger charge is 2.21. The highest BCUT2D eigenvalue weighted by atomic mass is 16.6. The molecule has 4 rings (SSSR count). The number of rotatable bonds is 8. The van der Waals surface area contributed by atoms with E-state index in [2.05, 4.69) is 11.4 Å². The van der Waals surface area contributed by atoms with Crippen LogP contribution in [0.15, 0.2) is 66.7 Å². The summed E-state index contributed by atoms with van der Waals surface area (Å²) in [4.78, 5) is 21.5. The number of nitrogens with zero attached hydrogens (tertiary/aromatic N) is 1. The van der Waals surface area contributed by atoms with Crippen LogP contribution in [-0.2, 0) is 6.42 Å². The number of non-ortho nitro benzene ring substituents is 1. The minimum Gasteiger partial charge on any atom is -0.489 e. The van der Waals surface area contributed by atoms with E-state index in [0.717, 1.165) is 35.3 Å². The van der Waals surface area contributed by atoms with Crippen molar-refractivity contribution in [3.63, 3.8) is 0 Å². The van der Waals surface area contributed by atoms with Crippen LogP contribution in [0.4, 0.5) is 5.69 Å². The molecule has 0 amide bonds. The maximum Gasteiger partial charge on any atom is 0.335 e. The van der Waals surface area contributed by atoms with Crippen molar-refractivity contribution in [2.75, 3.05) is 13.1 Å². The second kappa shape index (κ2) is 9.81. The van der Waals surface area contributed by atoms with Crippen LogP contribution in [0.25, 0.3) is 11.1 Å². The van der Waals surface area contributed by atoms with E-state index in [9.17, 15) is 20.0 Å². The van der Waals surface area contributed by atoms with Crippen LogP contribution < -0.4 is 10.1 Å². The molecule has 0 saturated heterocycles. The maximum atomic E-state index is 11.0. The number of aliphatic hydroxyl groups excluding tert-OH is 1. The Kier molecular flexibility index (Phi) is 6.67. The van der Waals surface area contributed by atoms with E-state index in [1.54, 1.807) is 36.4 Å². The lowest BCUT2D eigenvalue weighted by Crippen LogP contribution is -2.36. The number of carboxylic acids is 1. The van der Waals surface area contributed by atoms with Gasteiger partial charge in [0.15, 0.2) is 0 Å². The van der Waals surface area contributed by atoms with E-state index < -0.39 is 17.0 Å². The van der Waals surface area contributed by atoms with Crippen molar-refractivity contribution in [1.82, 2.24) is 5.32 Å². The molecular weight excluding hydrogens is 424 g/mol. The molecule has 3 aromatic carbocycles. The van der Waals surface area contributed by atoms with Gasteiger partial charge in [-0.1, -0.05) is 30.3 Å². The fraction of sp³-hybridized carbons (Fsp3) is 0.240. The SMILES string of the molecule is O=C(O)c1ccc(-c2ccc3c(c2)CC[C@H](CNC[C@@H](O)c2cccc([N+](=O)[O-])c2)O3)cc1. The number of ether oxygens (including phenoxy) is 1. The first-order valence-corrected chi connectivity index (χ1v) is 10.7. The predicted molar refractivity (Wildman–Crippen MR) is 123 cm³/mol. The van der Waals surface area contributed by atoms with E-state index in [-0.39, 0.29) is 23.9 Å². The third kappa shape index (κ3) is 5.36. The number of nitrogens with one attached hydrogen (secondary N) is 1. The van der Waals surface area contributed by atoms with Gasteiger partial charge in [-0.25, -0.2) is 4.79 Å². The van der Waals surface area contributed by atoms with Crippen molar-refractivity contribution in [1.29, 1.82) is 0 Å². The Bertz CT molecular complexity index is 1160. The van der Waals surface area contributed by atoms with Crippen molar-refractivity contribution in [3.05, 3.63) is 93.5 Å². The summed E-state index contributed by atoms with van der Waals surface area (Å²) in [6.45, 7) is 0.809. The molecular formula is C25H24N2O6. The number of aryl methyl sites for hydroxylation is 1. The molecule has 8 heteroatoms. The van der Waals surface area contributed by atoms with Gasteiger partial charge in [-0.05, 0) is 59.4 Å². The molecule has 3 aromatic rings. The van der Waals surface area contributed by atoms with Crippen molar-refractivity contribution in [3.8, 4) is 16.9 Å². The molecule has 0 spiro atoms. The van der Waals surface area contributed by atoms with Gasteiger partial charge in [0.05, 0.1) is 16.6 Å². The van der Waals surface area contributed by atoms with Gasteiger partial charge in [-0.2, -0.15) is 0 Å². The predicted octanol–water partition coefficient (Wildman–Crippen LogP) is 3.98. The summed E-state index contributed by atoms with van der Waals surface area (Å²) < 4.78 is 6.10. The van der Waals surface area contributed by atoms with Crippen molar-refractivity contribution in [2.45, 2.75) is 25.0 Å². The smallest absolute Gasteiger partial charge is 0.335 e. The number of benzene rings is 3. The Morgan fingerprint density at radius 1 is 1.12 bits per heavy atom. The molecule has 170 valence electrons. The number of hydrogen-bond acceptors (Lipinski definition) is 6. The van der Waals surface area contributed by atoms with Gasteiger partial charge in [0, 0.05) is 25.2 Å². The zero-order chi connectivity index (χ0) is 23.4. The molecule has 0 aromatic heterocycles. The van der Waals surface area contributed by atoms with Gasteiger partial charge in [0.25, 0.3) is 5.69 Å². The average Bonchev–Trinajstić information content (AvgIpc) is 2.83. The maximum absolute atomic E-state index is 11.0. The molecule has 0 radical (unpaired) electrons. The van der Waals surface area contributed by atoms with Gasteiger partial charge in [0.2, 0.25) is 0 Å². The largest absolute Gasteiger partial charge is 0.489 e. The molecule has 1 heterocycles. The summed E-state index contributed by atoms with van der Waals surface area (Å²) in [5, 5.41) is 33.5. The zero-order valence-electron chi connectivity index (χ0n) is 17.8. The van der Waals surface area contributed by atoms with Crippen molar-refractivity contribution >= 4 is 11.7 Å². The van der Waals surface area contributed by atoms with Gasteiger partial charge < -0.3 is 20.3 Å². The highest BCUT2D eigenvalue weighted by molar-refractivity contribution is 5.88. The molecule has 0 saturated carbocycles. The van der Waals surface area contributed by atoms with Crippen LogP contribution in [-0.4, -0.2) is 40.3 Å². The summed E-state index contributed by atoms with van der Waals surface area (Å²) in [5.74, 6) is -0.129. The summed E-state index contributed by atoms with van der Waals surface area (Å²) >= 11 is 0. The van der Waals surface area contributed by atoms with Gasteiger partial charge in [-0.15, -0.1) is 0 Å².